The van der Waals surface area contributed by atoms with Gasteiger partial charge in [-0.25, -0.2) is 0 Å². The predicted molar refractivity (Wildman–Crippen MR) is 270 cm³/mol. The molecule has 0 fully saturated rings. The summed E-state index contributed by atoms with van der Waals surface area (Å²) in [6.45, 7) is 7.83. The lowest BCUT2D eigenvalue weighted by Gasteiger charge is -2.18. The lowest BCUT2D eigenvalue weighted by molar-refractivity contribution is -0.163. The maximum atomic E-state index is 12.8. The van der Waals surface area contributed by atoms with Crippen LogP contribution in [0.1, 0.15) is 290 Å². The van der Waals surface area contributed by atoms with Gasteiger partial charge in [0.15, 0.2) is 6.10 Å². The highest BCUT2D eigenvalue weighted by molar-refractivity contribution is 5.70. The van der Waals surface area contributed by atoms with Crippen LogP contribution in [0.25, 0.3) is 0 Å². The topological polar surface area (TPSA) is 61.8 Å². The van der Waals surface area contributed by atoms with Crippen LogP contribution in [0, 0.1) is 0 Å². The van der Waals surface area contributed by atoms with Crippen LogP contribution in [0.3, 0.4) is 0 Å². The van der Waals surface area contributed by atoms with Crippen molar-refractivity contribution in [1.29, 1.82) is 0 Å². The largest absolute Gasteiger partial charge is 0.462 e. The molecule has 5 heteroatoms. The Kier molecular flexibility index (Phi) is 51.8. The van der Waals surface area contributed by atoms with E-state index in [1.807, 2.05) is 0 Å². The Morgan fingerprint density at radius 2 is 0.677 bits per heavy atom. The van der Waals surface area contributed by atoms with E-state index in [1.165, 1.54) is 193 Å². The second kappa shape index (κ2) is 53.5. The molecular formula is C57H106O5. The van der Waals surface area contributed by atoms with E-state index in [0.717, 1.165) is 64.2 Å². The van der Waals surface area contributed by atoms with Gasteiger partial charge in [0.05, 0.1) is 6.61 Å². The SMILES string of the molecule is CCCCC/C=C\C/C=C\C/C=C\CCCCCCC(=O)OC[C@@H](COCCCCCCCCCCCCCCCCCC)OC(=O)CCCCCCCCCCCCCCC. The van der Waals surface area contributed by atoms with Crippen LogP contribution in [-0.2, 0) is 23.8 Å². The number of allylic oxidation sites excluding steroid dienone is 6. The first-order chi connectivity index (χ1) is 30.6. The number of ether oxygens (including phenoxy) is 3. The average Bonchev–Trinajstić information content (AvgIpc) is 3.27. The van der Waals surface area contributed by atoms with Crippen molar-refractivity contribution in [3.05, 3.63) is 36.5 Å². The molecule has 0 aromatic carbocycles. The van der Waals surface area contributed by atoms with Crippen LogP contribution in [0.4, 0.5) is 0 Å². The minimum atomic E-state index is -0.539. The highest BCUT2D eigenvalue weighted by Gasteiger charge is 2.17. The van der Waals surface area contributed by atoms with E-state index in [0.29, 0.717) is 19.4 Å². The molecule has 0 saturated carbocycles. The van der Waals surface area contributed by atoms with Gasteiger partial charge in [0.1, 0.15) is 6.61 Å². The average molecular weight is 871 g/mol. The van der Waals surface area contributed by atoms with Gasteiger partial charge in [0.25, 0.3) is 0 Å². The van der Waals surface area contributed by atoms with Crippen LogP contribution < -0.4 is 0 Å². The molecule has 0 radical (unpaired) electrons. The Bertz CT molecular complexity index is 986. The van der Waals surface area contributed by atoms with Gasteiger partial charge in [0.2, 0.25) is 0 Å². The Balaban J connectivity index is 4.26. The Morgan fingerprint density at radius 3 is 1.11 bits per heavy atom. The number of carbonyl (C=O) groups is 2. The van der Waals surface area contributed by atoms with Gasteiger partial charge in [0, 0.05) is 19.4 Å². The predicted octanol–water partition coefficient (Wildman–Crippen LogP) is 18.6. The number of rotatable bonds is 51. The zero-order valence-electron chi connectivity index (χ0n) is 41.9. The fraction of sp³-hybridized carbons (Fsp3) is 0.860. The molecule has 0 bridgehead atoms. The summed E-state index contributed by atoms with van der Waals surface area (Å²) < 4.78 is 17.4. The van der Waals surface area contributed by atoms with Crippen molar-refractivity contribution in [1.82, 2.24) is 0 Å². The summed E-state index contributed by atoms with van der Waals surface area (Å²) in [6.07, 6.45) is 64.4. The van der Waals surface area contributed by atoms with E-state index in [-0.39, 0.29) is 25.2 Å². The van der Waals surface area contributed by atoms with Crippen molar-refractivity contribution < 1.29 is 23.8 Å². The maximum absolute atomic E-state index is 12.8. The quantitative estimate of drug-likeness (QED) is 0.0346. The van der Waals surface area contributed by atoms with Crippen molar-refractivity contribution >= 4 is 11.9 Å². The standard InChI is InChI=1S/C57H106O5/c1-4-7-10-13-16-19-22-25-27-29-30-33-35-38-41-44-47-50-56(58)61-54-55(62-57(59)51-48-45-42-39-36-32-24-21-18-15-12-9-6-3)53-60-52-49-46-43-40-37-34-31-28-26-23-20-17-14-11-8-5-2/h16,19,25,27,30,33,55H,4-15,17-18,20-24,26,28-29,31-32,34-54H2,1-3H3/b19-16-,27-25-,33-30-/t55-/m1/s1. The van der Waals surface area contributed by atoms with Gasteiger partial charge in [-0.3, -0.25) is 9.59 Å². The van der Waals surface area contributed by atoms with Crippen LogP contribution in [0.2, 0.25) is 0 Å². The fourth-order valence-corrected chi connectivity index (χ4v) is 8.05. The summed E-state index contributed by atoms with van der Waals surface area (Å²) in [5.41, 5.74) is 0. The summed E-state index contributed by atoms with van der Waals surface area (Å²) >= 11 is 0. The van der Waals surface area contributed by atoms with Gasteiger partial charge in [-0.2, -0.15) is 0 Å². The molecule has 0 spiro atoms. The maximum Gasteiger partial charge on any atom is 0.306 e. The van der Waals surface area contributed by atoms with Crippen molar-refractivity contribution in [2.75, 3.05) is 19.8 Å². The van der Waals surface area contributed by atoms with Gasteiger partial charge >= 0.3 is 11.9 Å². The molecule has 1 atom stereocenters. The van der Waals surface area contributed by atoms with Crippen LogP contribution in [-0.4, -0.2) is 37.9 Å². The summed E-state index contributed by atoms with van der Waals surface area (Å²) in [5, 5.41) is 0. The number of hydrogen-bond donors (Lipinski definition) is 0. The van der Waals surface area contributed by atoms with E-state index in [2.05, 4.69) is 57.2 Å². The van der Waals surface area contributed by atoms with E-state index < -0.39 is 6.10 Å². The van der Waals surface area contributed by atoms with Gasteiger partial charge < -0.3 is 14.2 Å². The van der Waals surface area contributed by atoms with Crippen molar-refractivity contribution in [3.63, 3.8) is 0 Å². The number of carbonyl (C=O) groups excluding carboxylic acids is 2. The second-order valence-electron chi connectivity index (χ2n) is 18.5. The molecule has 0 rings (SSSR count). The molecular weight excluding hydrogens is 765 g/mol. The lowest BCUT2D eigenvalue weighted by Crippen LogP contribution is -2.30. The van der Waals surface area contributed by atoms with Crippen molar-refractivity contribution in [3.8, 4) is 0 Å². The molecule has 0 aliphatic heterocycles. The molecule has 364 valence electrons. The lowest BCUT2D eigenvalue weighted by atomic mass is 10.0. The molecule has 0 amide bonds. The first kappa shape index (κ1) is 60.1. The van der Waals surface area contributed by atoms with E-state index in [1.54, 1.807) is 0 Å². The molecule has 0 aromatic rings. The minimum absolute atomic E-state index is 0.0800. The molecule has 0 aliphatic rings. The summed E-state index contributed by atoms with van der Waals surface area (Å²) in [6, 6.07) is 0. The molecule has 62 heavy (non-hydrogen) atoms. The Labute approximate surface area is 387 Å². The molecule has 0 aromatic heterocycles. The van der Waals surface area contributed by atoms with Crippen molar-refractivity contribution in [2.45, 2.75) is 297 Å². The van der Waals surface area contributed by atoms with Gasteiger partial charge in [-0.1, -0.05) is 256 Å². The highest BCUT2D eigenvalue weighted by Crippen LogP contribution is 2.16. The zero-order valence-corrected chi connectivity index (χ0v) is 41.9. The third-order valence-corrected chi connectivity index (χ3v) is 12.2. The van der Waals surface area contributed by atoms with Crippen molar-refractivity contribution in [2.24, 2.45) is 0 Å². The third-order valence-electron chi connectivity index (χ3n) is 12.2. The fourth-order valence-electron chi connectivity index (χ4n) is 8.05. The normalized spacial score (nSPS) is 12.4. The van der Waals surface area contributed by atoms with E-state index >= 15 is 0 Å². The summed E-state index contributed by atoms with van der Waals surface area (Å²) in [5.74, 6) is -0.404. The molecule has 0 N–H and O–H groups in total. The first-order valence-electron chi connectivity index (χ1n) is 27.5. The minimum Gasteiger partial charge on any atom is -0.462 e. The number of unbranched alkanes of at least 4 members (excludes halogenated alkanes) is 34. The number of hydrogen-bond acceptors (Lipinski definition) is 5. The smallest absolute Gasteiger partial charge is 0.306 e. The second-order valence-corrected chi connectivity index (χ2v) is 18.5. The monoisotopic (exact) mass is 871 g/mol. The first-order valence-corrected chi connectivity index (χ1v) is 27.5. The van der Waals surface area contributed by atoms with Gasteiger partial charge in [-0.15, -0.1) is 0 Å². The van der Waals surface area contributed by atoms with E-state index in [9.17, 15) is 9.59 Å². The molecule has 5 nitrogen and oxygen atoms in total. The molecule has 0 unspecified atom stereocenters. The van der Waals surface area contributed by atoms with Crippen LogP contribution >= 0.6 is 0 Å². The zero-order chi connectivity index (χ0) is 44.9. The Morgan fingerprint density at radius 1 is 0.355 bits per heavy atom. The molecule has 0 heterocycles. The number of esters is 2. The Hall–Kier alpha value is -1.88. The third kappa shape index (κ3) is 50.8. The van der Waals surface area contributed by atoms with E-state index in [4.69, 9.17) is 14.2 Å². The van der Waals surface area contributed by atoms with Crippen LogP contribution in [0.15, 0.2) is 36.5 Å². The molecule has 0 saturated heterocycles. The van der Waals surface area contributed by atoms with Gasteiger partial charge in [-0.05, 0) is 57.8 Å². The summed E-state index contributed by atoms with van der Waals surface area (Å²) in [4.78, 5) is 25.4. The molecule has 0 aliphatic carbocycles. The summed E-state index contributed by atoms with van der Waals surface area (Å²) in [7, 11) is 0. The highest BCUT2D eigenvalue weighted by atomic mass is 16.6. The van der Waals surface area contributed by atoms with Crippen LogP contribution in [0.5, 0.6) is 0 Å².